The summed E-state index contributed by atoms with van der Waals surface area (Å²) < 4.78 is 5.00. The largest absolute Gasteiger partial charge is 0.480 e. The molecule has 13 heteroatoms. The second kappa shape index (κ2) is 11.5. The first-order valence-corrected chi connectivity index (χ1v) is 9.53. The number of unbranched alkanes of at least 4 members (excludes halogenated alkanes) is 1. The van der Waals surface area contributed by atoms with Crippen LogP contribution in [0.15, 0.2) is 0 Å². The molecule has 2 amide bonds. The van der Waals surface area contributed by atoms with Crippen molar-refractivity contribution in [1.29, 1.82) is 0 Å². The van der Waals surface area contributed by atoms with Crippen LogP contribution in [0.4, 0.5) is 0 Å². The topological polar surface area (TPSA) is 232 Å². The van der Waals surface area contributed by atoms with Crippen molar-refractivity contribution in [3.63, 3.8) is 0 Å². The highest BCUT2D eigenvalue weighted by molar-refractivity contribution is 5.86. The summed E-state index contributed by atoms with van der Waals surface area (Å²) >= 11 is 0. The van der Waals surface area contributed by atoms with Crippen LogP contribution >= 0.6 is 0 Å². The van der Waals surface area contributed by atoms with Gasteiger partial charge in [-0.05, 0) is 26.2 Å². The van der Waals surface area contributed by atoms with Gasteiger partial charge in [-0.3, -0.25) is 14.4 Å². The average Bonchev–Trinajstić information content (AvgIpc) is 2.68. The molecule has 0 bridgehead atoms. The van der Waals surface area contributed by atoms with Crippen molar-refractivity contribution in [2.24, 2.45) is 5.73 Å². The summed E-state index contributed by atoms with van der Waals surface area (Å²) in [5.41, 5.74) is 5.68. The zero-order valence-electron chi connectivity index (χ0n) is 16.6. The number of aliphatic hydroxyl groups is 5. The van der Waals surface area contributed by atoms with Gasteiger partial charge < -0.3 is 51.7 Å². The van der Waals surface area contributed by atoms with Gasteiger partial charge in [-0.15, -0.1) is 0 Å². The molecule has 1 fully saturated rings. The highest BCUT2D eigenvalue weighted by Gasteiger charge is 2.53. The molecular weight excluding hydrogens is 406 g/mol. The zero-order chi connectivity index (χ0) is 23.1. The lowest BCUT2D eigenvalue weighted by Gasteiger charge is -2.45. The summed E-state index contributed by atoms with van der Waals surface area (Å²) in [6, 6.07) is -1.96. The fourth-order valence-electron chi connectivity index (χ4n) is 2.89. The number of nitrogens with two attached hydrogens (primary N) is 1. The van der Waals surface area contributed by atoms with Crippen LogP contribution in [0.2, 0.25) is 0 Å². The van der Waals surface area contributed by atoms with E-state index >= 15 is 0 Å². The molecular formula is C17H31N3O10. The lowest BCUT2D eigenvalue weighted by molar-refractivity contribution is -0.348. The van der Waals surface area contributed by atoms with E-state index in [4.69, 9.17) is 20.7 Å². The maximum atomic E-state index is 12.0. The maximum absolute atomic E-state index is 12.0. The Morgan fingerprint density at radius 3 is 2.37 bits per heavy atom. The second-order valence-corrected chi connectivity index (χ2v) is 7.31. The Morgan fingerprint density at radius 1 is 1.17 bits per heavy atom. The fraction of sp³-hybridized carbons (Fsp3) is 0.824. The van der Waals surface area contributed by atoms with Crippen LogP contribution in [0.25, 0.3) is 0 Å². The Bertz CT molecular complexity index is 604. The predicted octanol–water partition coefficient (Wildman–Crippen LogP) is -4.26. The molecule has 0 aromatic heterocycles. The molecule has 1 heterocycles. The van der Waals surface area contributed by atoms with Gasteiger partial charge in [0.2, 0.25) is 17.6 Å². The SMILES string of the molecule is C[C@H](NC(=O)[C@@H](N)CCCCNC(=O)C[C@]1(O)OC(CO)[C@H](O)[C@H](O)[C@H]1O)C(=O)O. The number of aliphatic hydroxyl groups excluding tert-OH is 4. The monoisotopic (exact) mass is 437 g/mol. The third-order valence-corrected chi connectivity index (χ3v) is 4.80. The number of hydrogen-bond donors (Lipinski definition) is 9. The van der Waals surface area contributed by atoms with E-state index in [2.05, 4.69) is 10.6 Å². The third kappa shape index (κ3) is 7.12. The highest BCUT2D eigenvalue weighted by atomic mass is 16.7. The minimum Gasteiger partial charge on any atom is -0.480 e. The summed E-state index contributed by atoms with van der Waals surface area (Å²) in [6.45, 7) is 0.722. The van der Waals surface area contributed by atoms with Gasteiger partial charge in [-0.2, -0.15) is 0 Å². The normalized spacial score (nSPS) is 30.9. The molecule has 1 aliphatic rings. The zero-order valence-corrected chi connectivity index (χ0v) is 16.6. The standard InChI is InChI=1S/C17H31N3O10/c1-8(16(27)28)20-15(26)9(18)4-2-3-5-19-11(22)6-17(29)14(25)13(24)12(23)10(7-21)30-17/h8-10,12-14,21,23-25,29H,2-7,18H2,1H3,(H,19,22)(H,20,26)(H,27,28)/t8-,9-,10?,12-,13-,14+,17-/m0/s1. The number of amides is 2. The number of carboxylic acid groups (broad SMARTS) is 1. The molecule has 1 aliphatic heterocycles. The lowest BCUT2D eigenvalue weighted by atomic mass is 9.90. The smallest absolute Gasteiger partial charge is 0.325 e. The lowest BCUT2D eigenvalue weighted by Crippen LogP contribution is -2.66. The fourth-order valence-corrected chi connectivity index (χ4v) is 2.89. The maximum Gasteiger partial charge on any atom is 0.325 e. The number of rotatable bonds is 11. The van der Waals surface area contributed by atoms with E-state index in [1.165, 1.54) is 6.92 Å². The Hall–Kier alpha value is -1.87. The average molecular weight is 437 g/mol. The molecule has 0 saturated carbocycles. The quantitative estimate of drug-likeness (QED) is 0.140. The summed E-state index contributed by atoms with van der Waals surface area (Å²) in [7, 11) is 0. The van der Waals surface area contributed by atoms with Crippen LogP contribution in [0.3, 0.4) is 0 Å². The highest BCUT2D eigenvalue weighted by Crippen LogP contribution is 2.30. The van der Waals surface area contributed by atoms with Crippen molar-refractivity contribution < 1.29 is 49.8 Å². The third-order valence-electron chi connectivity index (χ3n) is 4.80. The molecule has 7 atom stereocenters. The van der Waals surface area contributed by atoms with Crippen molar-refractivity contribution in [1.82, 2.24) is 10.6 Å². The van der Waals surface area contributed by atoms with Gasteiger partial charge in [0.15, 0.2) is 0 Å². The summed E-state index contributed by atoms with van der Waals surface area (Å²) in [5.74, 6) is -4.98. The Morgan fingerprint density at radius 2 is 1.80 bits per heavy atom. The van der Waals surface area contributed by atoms with Crippen LogP contribution < -0.4 is 16.4 Å². The first-order chi connectivity index (χ1) is 13.9. The van der Waals surface area contributed by atoms with Crippen molar-refractivity contribution in [3.05, 3.63) is 0 Å². The molecule has 30 heavy (non-hydrogen) atoms. The van der Waals surface area contributed by atoms with E-state index in [1.807, 2.05) is 0 Å². The molecule has 0 aromatic rings. The van der Waals surface area contributed by atoms with Gasteiger partial charge in [0.05, 0.1) is 19.1 Å². The first kappa shape index (κ1) is 26.2. The van der Waals surface area contributed by atoms with Crippen LogP contribution in [-0.2, 0) is 19.1 Å². The van der Waals surface area contributed by atoms with Crippen LogP contribution in [0.1, 0.15) is 32.6 Å². The van der Waals surface area contributed by atoms with E-state index in [-0.39, 0.29) is 13.0 Å². The predicted molar refractivity (Wildman–Crippen MR) is 99.6 cm³/mol. The van der Waals surface area contributed by atoms with Crippen LogP contribution in [0, 0.1) is 0 Å². The minimum atomic E-state index is -2.49. The van der Waals surface area contributed by atoms with E-state index in [9.17, 15) is 34.8 Å². The molecule has 1 unspecified atom stereocenters. The van der Waals surface area contributed by atoms with Gasteiger partial charge in [0, 0.05) is 6.54 Å². The van der Waals surface area contributed by atoms with E-state index in [0.29, 0.717) is 12.8 Å². The molecule has 0 aliphatic carbocycles. The number of ether oxygens (including phenoxy) is 1. The van der Waals surface area contributed by atoms with Crippen molar-refractivity contribution >= 4 is 17.8 Å². The molecule has 13 nitrogen and oxygen atoms in total. The summed E-state index contributed by atoms with van der Waals surface area (Å²) in [6.07, 6.45) is -6.42. The number of hydrogen-bond acceptors (Lipinski definition) is 10. The van der Waals surface area contributed by atoms with Gasteiger partial charge in [0.25, 0.3) is 0 Å². The number of carbonyl (C=O) groups is 3. The molecule has 174 valence electrons. The Balaban J connectivity index is 2.36. The van der Waals surface area contributed by atoms with Gasteiger partial charge in [-0.1, -0.05) is 0 Å². The van der Waals surface area contributed by atoms with Gasteiger partial charge in [0.1, 0.15) is 30.5 Å². The van der Waals surface area contributed by atoms with Gasteiger partial charge >= 0.3 is 5.97 Å². The number of carbonyl (C=O) groups excluding carboxylic acids is 2. The van der Waals surface area contributed by atoms with E-state index < -0.39 is 73.1 Å². The molecule has 1 rings (SSSR count). The minimum absolute atomic E-state index is 0.152. The van der Waals surface area contributed by atoms with Crippen LogP contribution in [0.5, 0.6) is 0 Å². The van der Waals surface area contributed by atoms with Gasteiger partial charge in [-0.25, -0.2) is 0 Å². The molecule has 10 N–H and O–H groups in total. The van der Waals surface area contributed by atoms with Crippen molar-refractivity contribution in [3.8, 4) is 0 Å². The second-order valence-electron chi connectivity index (χ2n) is 7.31. The molecule has 1 saturated heterocycles. The number of aliphatic carboxylic acids is 1. The molecule has 0 spiro atoms. The van der Waals surface area contributed by atoms with E-state index in [1.54, 1.807) is 0 Å². The number of carboxylic acids is 1. The van der Waals surface area contributed by atoms with E-state index in [0.717, 1.165) is 0 Å². The Kier molecular flexibility index (Phi) is 10.0. The number of nitrogens with one attached hydrogen (secondary N) is 2. The summed E-state index contributed by atoms with van der Waals surface area (Å²) in [4.78, 5) is 34.4. The van der Waals surface area contributed by atoms with Crippen molar-refractivity contribution in [2.45, 2.75) is 74.9 Å². The van der Waals surface area contributed by atoms with Crippen molar-refractivity contribution in [2.75, 3.05) is 13.2 Å². The first-order valence-electron chi connectivity index (χ1n) is 9.53. The molecule has 0 radical (unpaired) electrons. The van der Waals surface area contributed by atoms with Crippen LogP contribution in [-0.4, -0.2) is 104 Å². The molecule has 0 aromatic carbocycles. The Labute approximate surface area is 172 Å². The summed E-state index contributed by atoms with van der Waals surface area (Å²) in [5, 5.41) is 62.3.